The van der Waals surface area contributed by atoms with Gasteiger partial charge in [-0.2, -0.15) is 8.42 Å². The van der Waals surface area contributed by atoms with Crippen LogP contribution in [0.5, 0.6) is 5.75 Å². The van der Waals surface area contributed by atoms with E-state index in [9.17, 15) is 13.2 Å². The van der Waals surface area contributed by atoms with E-state index >= 15 is 0 Å². The second kappa shape index (κ2) is 9.49. The fourth-order valence-electron chi connectivity index (χ4n) is 2.84. The van der Waals surface area contributed by atoms with Gasteiger partial charge in [0, 0.05) is 12.2 Å². The van der Waals surface area contributed by atoms with Crippen LogP contribution in [0, 0.1) is 6.92 Å². The van der Waals surface area contributed by atoms with Gasteiger partial charge in [-0.1, -0.05) is 24.3 Å². The molecule has 0 fully saturated rings. The minimum absolute atomic E-state index is 0.124. The van der Waals surface area contributed by atoms with Gasteiger partial charge >= 0.3 is 16.1 Å². The van der Waals surface area contributed by atoms with Crippen LogP contribution in [0.1, 0.15) is 23.8 Å². The molecule has 30 heavy (non-hydrogen) atoms. The van der Waals surface area contributed by atoms with Crippen molar-refractivity contribution in [2.75, 3.05) is 11.1 Å². The van der Waals surface area contributed by atoms with E-state index < -0.39 is 10.1 Å². The first-order valence-corrected chi connectivity index (χ1v) is 11.1. The molecule has 0 atom stereocenters. The van der Waals surface area contributed by atoms with E-state index in [-0.39, 0.29) is 30.6 Å². The van der Waals surface area contributed by atoms with Crippen molar-refractivity contribution >= 4 is 21.8 Å². The lowest BCUT2D eigenvalue weighted by molar-refractivity contribution is 0.201. The molecule has 0 aliphatic carbocycles. The Bertz CT molecular complexity index is 1090. The topological polar surface area (TPSA) is 88.9 Å². The van der Waals surface area contributed by atoms with Crippen LogP contribution < -0.4 is 9.50 Å². The Morgan fingerprint density at radius 2 is 1.87 bits per heavy atom. The maximum absolute atomic E-state index is 13.0. The summed E-state index contributed by atoms with van der Waals surface area (Å²) in [7, 11) is -3.63. The molecule has 1 heterocycles. The molecule has 0 saturated heterocycles. The first kappa shape index (κ1) is 21.4. The van der Waals surface area contributed by atoms with Gasteiger partial charge in [-0.15, -0.1) is 0 Å². The SMILES string of the molecule is CCS(=O)(=O)Oc1cccc(CN(Cc2ccco2)C(=O)Nc2cccc(C)c2)c1. The minimum atomic E-state index is -3.63. The Kier molecular flexibility index (Phi) is 6.79. The molecule has 0 unspecified atom stereocenters. The monoisotopic (exact) mass is 428 g/mol. The molecule has 3 rings (SSSR count). The molecule has 0 bridgehead atoms. The number of benzene rings is 2. The number of rotatable bonds is 8. The quantitative estimate of drug-likeness (QED) is 0.532. The van der Waals surface area contributed by atoms with Crippen LogP contribution in [0.25, 0.3) is 0 Å². The number of amides is 2. The highest BCUT2D eigenvalue weighted by molar-refractivity contribution is 7.87. The molecule has 3 aromatic rings. The highest BCUT2D eigenvalue weighted by Crippen LogP contribution is 2.19. The Morgan fingerprint density at radius 1 is 1.07 bits per heavy atom. The second-order valence-electron chi connectivity index (χ2n) is 6.81. The molecule has 1 N–H and O–H groups in total. The first-order chi connectivity index (χ1) is 14.3. The highest BCUT2D eigenvalue weighted by atomic mass is 32.2. The fourth-order valence-corrected chi connectivity index (χ4v) is 3.35. The van der Waals surface area contributed by atoms with Gasteiger partial charge in [-0.25, -0.2) is 4.79 Å². The predicted molar refractivity (Wildman–Crippen MR) is 115 cm³/mol. The summed E-state index contributed by atoms with van der Waals surface area (Å²) in [4.78, 5) is 14.5. The van der Waals surface area contributed by atoms with Crippen molar-refractivity contribution in [1.29, 1.82) is 0 Å². The van der Waals surface area contributed by atoms with Crippen LogP contribution >= 0.6 is 0 Å². The van der Waals surface area contributed by atoms with Gasteiger partial charge in [0.1, 0.15) is 11.5 Å². The fraction of sp³-hybridized carbons (Fsp3) is 0.227. The van der Waals surface area contributed by atoms with E-state index in [4.69, 9.17) is 8.60 Å². The zero-order chi connectivity index (χ0) is 21.6. The lowest BCUT2D eigenvalue weighted by atomic mass is 10.2. The molecular formula is C22H24N2O5S. The molecule has 0 aliphatic heterocycles. The number of urea groups is 1. The average molecular weight is 429 g/mol. The molecule has 2 amide bonds. The number of aryl methyl sites for hydroxylation is 1. The number of nitrogens with zero attached hydrogens (tertiary/aromatic N) is 1. The van der Waals surface area contributed by atoms with Crippen molar-refractivity contribution in [2.45, 2.75) is 26.9 Å². The molecular weight excluding hydrogens is 404 g/mol. The van der Waals surface area contributed by atoms with Crippen LogP contribution in [-0.2, 0) is 23.2 Å². The number of hydrogen-bond donors (Lipinski definition) is 1. The van der Waals surface area contributed by atoms with Gasteiger partial charge in [0.05, 0.1) is 18.6 Å². The molecule has 0 saturated carbocycles. The van der Waals surface area contributed by atoms with Crippen molar-refractivity contribution in [3.63, 3.8) is 0 Å². The summed E-state index contributed by atoms with van der Waals surface area (Å²) in [6.07, 6.45) is 1.55. The van der Waals surface area contributed by atoms with E-state index in [0.717, 1.165) is 11.1 Å². The van der Waals surface area contributed by atoms with E-state index in [1.54, 1.807) is 47.6 Å². The number of hydrogen-bond acceptors (Lipinski definition) is 5. The molecule has 0 spiro atoms. The van der Waals surface area contributed by atoms with Crippen molar-refractivity contribution in [3.8, 4) is 5.75 Å². The molecule has 2 aromatic carbocycles. The average Bonchev–Trinajstić information content (AvgIpc) is 3.21. The van der Waals surface area contributed by atoms with Crippen LogP contribution in [0.15, 0.2) is 71.3 Å². The van der Waals surface area contributed by atoms with Crippen molar-refractivity contribution in [1.82, 2.24) is 4.90 Å². The van der Waals surface area contributed by atoms with Gasteiger partial charge in [-0.3, -0.25) is 0 Å². The number of furan rings is 1. The zero-order valence-electron chi connectivity index (χ0n) is 16.9. The van der Waals surface area contributed by atoms with E-state index in [1.807, 2.05) is 31.2 Å². The van der Waals surface area contributed by atoms with Gasteiger partial charge in [0.25, 0.3) is 0 Å². The summed E-state index contributed by atoms with van der Waals surface area (Å²) < 4.78 is 34.0. The van der Waals surface area contributed by atoms with Gasteiger partial charge in [-0.05, 0) is 61.4 Å². The third-order valence-corrected chi connectivity index (χ3v) is 5.49. The van der Waals surface area contributed by atoms with E-state index in [1.165, 1.54) is 6.92 Å². The van der Waals surface area contributed by atoms with E-state index in [2.05, 4.69) is 5.32 Å². The lowest BCUT2D eigenvalue weighted by Gasteiger charge is -2.23. The second-order valence-corrected chi connectivity index (χ2v) is 8.67. The largest absolute Gasteiger partial charge is 0.467 e. The lowest BCUT2D eigenvalue weighted by Crippen LogP contribution is -2.34. The summed E-state index contributed by atoms with van der Waals surface area (Å²) in [5.41, 5.74) is 2.45. The van der Waals surface area contributed by atoms with Crippen LogP contribution in [0.2, 0.25) is 0 Å². The van der Waals surface area contributed by atoms with Crippen molar-refractivity contribution in [2.24, 2.45) is 0 Å². The summed E-state index contributed by atoms with van der Waals surface area (Å²) >= 11 is 0. The summed E-state index contributed by atoms with van der Waals surface area (Å²) in [5, 5.41) is 2.90. The maximum atomic E-state index is 13.0. The smallest absolute Gasteiger partial charge is 0.322 e. The maximum Gasteiger partial charge on any atom is 0.322 e. The Balaban J connectivity index is 1.79. The Hall–Kier alpha value is -3.26. The number of carbonyl (C=O) groups is 1. The van der Waals surface area contributed by atoms with Crippen LogP contribution in [-0.4, -0.2) is 25.1 Å². The number of carbonyl (C=O) groups excluding carboxylic acids is 1. The van der Waals surface area contributed by atoms with Crippen LogP contribution in [0.4, 0.5) is 10.5 Å². The van der Waals surface area contributed by atoms with Gasteiger partial charge in [0.2, 0.25) is 0 Å². The predicted octanol–water partition coefficient (Wildman–Crippen LogP) is 4.55. The molecule has 0 radical (unpaired) electrons. The summed E-state index contributed by atoms with van der Waals surface area (Å²) in [6.45, 7) is 3.96. The molecule has 1 aromatic heterocycles. The normalized spacial score (nSPS) is 11.1. The number of nitrogens with one attached hydrogen (secondary N) is 1. The number of anilines is 1. The molecule has 0 aliphatic rings. The third kappa shape index (κ3) is 6.12. The highest BCUT2D eigenvalue weighted by Gasteiger charge is 2.17. The zero-order valence-corrected chi connectivity index (χ0v) is 17.7. The summed E-state index contributed by atoms with van der Waals surface area (Å²) in [6, 6.07) is 17.5. The molecule has 8 heteroatoms. The molecule has 158 valence electrons. The third-order valence-electron chi connectivity index (χ3n) is 4.33. The van der Waals surface area contributed by atoms with Crippen molar-refractivity contribution < 1.29 is 21.8 Å². The van der Waals surface area contributed by atoms with Crippen molar-refractivity contribution in [3.05, 3.63) is 83.8 Å². The van der Waals surface area contributed by atoms with Gasteiger partial charge < -0.3 is 18.8 Å². The standard InChI is InChI=1S/C22H24N2O5S/c1-3-30(26,27)29-20-10-5-8-18(14-20)15-24(16-21-11-6-12-28-21)22(25)23-19-9-4-7-17(2)13-19/h4-14H,3,15-16H2,1-2H3,(H,23,25). The Morgan fingerprint density at radius 3 is 2.57 bits per heavy atom. The van der Waals surface area contributed by atoms with E-state index in [0.29, 0.717) is 11.4 Å². The van der Waals surface area contributed by atoms with Crippen LogP contribution in [0.3, 0.4) is 0 Å². The van der Waals surface area contributed by atoms with Gasteiger partial charge in [0.15, 0.2) is 0 Å². The summed E-state index contributed by atoms with van der Waals surface area (Å²) in [5.74, 6) is 0.725. The first-order valence-electron chi connectivity index (χ1n) is 9.51. The minimum Gasteiger partial charge on any atom is -0.467 e. The molecule has 7 nitrogen and oxygen atoms in total. The Labute approximate surface area is 176 Å².